The number of methoxy groups -OCH3 is 1. The third kappa shape index (κ3) is 3.45. The molecular weight excluding hydrogens is 243 g/mol. The lowest BCUT2D eigenvalue weighted by Crippen LogP contribution is -2.42. The molecule has 2 atom stereocenters. The van der Waals surface area contributed by atoms with Gasteiger partial charge in [0.2, 0.25) is 0 Å². The van der Waals surface area contributed by atoms with Crippen molar-refractivity contribution in [3.8, 4) is 5.75 Å². The van der Waals surface area contributed by atoms with E-state index in [1.165, 1.54) is 6.07 Å². The number of halogens is 1. The Kier molecular flexibility index (Phi) is 4.77. The molecule has 1 aliphatic heterocycles. The highest BCUT2D eigenvalue weighted by Gasteiger charge is 2.25. The maximum absolute atomic E-state index is 13.3. The molecule has 19 heavy (non-hydrogen) atoms. The third-order valence-electron chi connectivity index (χ3n) is 4.14. The van der Waals surface area contributed by atoms with Crippen LogP contribution in [0.3, 0.4) is 0 Å². The van der Waals surface area contributed by atoms with Gasteiger partial charge in [-0.1, -0.05) is 6.92 Å². The summed E-state index contributed by atoms with van der Waals surface area (Å²) in [4.78, 5) is 2.34. The van der Waals surface area contributed by atoms with Gasteiger partial charge in [-0.2, -0.15) is 0 Å². The summed E-state index contributed by atoms with van der Waals surface area (Å²) in [5.74, 6) is 1.75. The highest BCUT2D eigenvalue weighted by Crippen LogP contribution is 2.26. The molecule has 0 radical (unpaired) electrons. The Labute approximate surface area is 114 Å². The molecule has 0 bridgehead atoms. The van der Waals surface area contributed by atoms with Crippen molar-refractivity contribution < 1.29 is 9.13 Å². The Hall–Kier alpha value is -1.13. The number of nitrogens with zero attached hydrogens (tertiary/aromatic N) is 1. The summed E-state index contributed by atoms with van der Waals surface area (Å²) in [5.41, 5.74) is 6.73. The lowest BCUT2D eigenvalue weighted by molar-refractivity contribution is 0.125. The van der Waals surface area contributed by atoms with E-state index in [0.29, 0.717) is 11.8 Å². The van der Waals surface area contributed by atoms with Crippen molar-refractivity contribution in [1.29, 1.82) is 0 Å². The van der Waals surface area contributed by atoms with E-state index >= 15 is 0 Å². The number of likely N-dealkylation sites (tertiary alicyclic amines) is 1. The van der Waals surface area contributed by atoms with Crippen molar-refractivity contribution in [1.82, 2.24) is 4.90 Å². The van der Waals surface area contributed by atoms with Crippen molar-refractivity contribution in [3.63, 3.8) is 0 Å². The minimum absolute atomic E-state index is 0.212. The molecule has 1 aromatic carbocycles. The molecule has 106 valence electrons. The topological polar surface area (TPSA) is 38.5 Å². The van der Waals surface area contributed by atoms with E-state index in [2.05, 4.69) is 11.8 Å². The normalized spacial score (nSPS) is 24.4. The Balaban J connectivity index is 2.06. The van der Waals surface area contributed by atoms with Crippen LogP contribution in [0.2, 0.25) is 0 Å². The first-order valence-corrected chi connectivity index (χ1v) is 6.89. The van der Waals surface area contributed by atoms with Crippen molar-refractivity contribution in [2.24, 2.45) is 17.6 Å². The van der Waals surface area contributed by atoms with E-state index in [1.54, 1.807) is 19.2 Å². The van der Waals surface area contributed by atoms with Gasteiger partial charge < -0.3 is 10.5 Å². The zero-order valence-corrected chi connectivity index (χ0v) is 11.7. The van der Waals surface area contributed by atoms with Gasteiger partial charge in [-0.3, -0.25) is 4.90 Å². The van der Waals surface area contributed by atoms with Crippen LogP contribution in [0.1, 0.15) is 18.9 Å². The molecule has 2 N–H and O–H groups in total. The summed E-state index contributed by atoms with van der Waals surface area (Å²) in [5, 5.41) is 0. The van der Waals surface area contributed by atoms with Gasteiger partial charge in [0.25, 0.3) is 0 Å². The SMILES string of the molecule is COc1ccc(F)cc1CN1CCC(C)C(CN)C1. The first-order valence-electron chi connectivity index (χ1n) is 6.89. The second-order valence-corrected chi connectivity index (χ2v) is 5.45. The summed E-state index contributed by atoms with van der Waals surface area (Å²) >= 11 is 0. The molecule has 0 aliphatic carbocycles. The Bertz CT molecular complexity index is 425. The molecule has 1 aromatic rings. The lowest BCUT2D eigenvalue weighted by atomic mass is 9.87. The fourth-order valence-corrected chi connectivity index (χ4v) is 2.79. The number of benzene rings is 1. The highest BCUT2D eigenvalue weighted by molar-refractivity contribution is 5.33. The van der Waals surface area contributed by atoms with E-state index in [-0.39, 0.29) is 5.82 Å². The fourth-order valence-electron chi connectivity index (χ4n) is 2.79. The van der Waals surface area contributed by atoms with Crippen LogP contribution in [-0.4, -0.2) is 31.6 Å². The molecule has 2 unspecified atom stereocenters. The van der Waals surface area contributed by atoms with Crippen LogP contribution in [0.25, 0.3) is 0 Å². The molecule has 0 saturated carbocycles. The molecule has 0 spiro atoms. The zero-order valence-electron chi connectivity index (χ0n) is 11.7. The second kappa shape index (κ2) is 6.35. The predicted molar refractivity (Wildman–Crippen MR) is 74.6 cm³/mol. The molecule has 1 saturated heterocycles. The first kappa shape index (κ1) is 14.3. The van der Waals surface area contributed by atoms with Gasteiger partial charge in [0, 0.05) is 18.7 Å². The van der Waals surface area contributed by atoms with E-state index < -0.39 is 0 Å². The average molecular weight is 266 g/mol. The van der Waals surface area contributed by atoms with Crippen molar-refractivity contribution >= 4 is 0 Å². The van der Waals surface area contributed by atoms with Gasteiger partial charge in [0.05, 0.1) is 7.11 Å². The van der Waals surface area contributed by atoms with E-state index in [1.807, 2.05) is 0 Å². The smallest absolute Gasteiger partial charge is 0.123 e. The van der Waals surface area contributed by atoms with Crippen LogP contribution in [-0.2, 0) is 6.54 Å². The minimum Gasteiger partial charge on any atom is -0.496 e. The van der Waals surface area contributed by atoms with E-state index in [9.17, 15) is 4.39 Å². The Morgan fingerprint density at radius 1 is 1.47 bits per heavy atom. The van der Waals surface area contributed by atoms with Crippen LogP contribution in [0.5, 0.6) is 5.75 Å². The van der Waals surface area contributed by atoms with Crippen molar-refractivity contribution in [2.45, 2.75) is 19.9 Å². The van der Waals surface area contributed by atoms with Crippen LogP contribution >= 0.6 is 0 Å². The van der Waals surface area contributed by atoms with Crippen LogP contribution in [0.15, 0.2) is 18.2 Å². The summed E-state index contributed by atoms with van der Waals surface area (Å²) in [6.07, 6.45) is 1.15. The van der Waals surface area contributed by atoms with Gasteiger partial charge >= 0.3 is 0 Å². The van der Waals surface area contributed by atoms with Gasteiger partial charge in [0.1, 0.15) is 11.6 Å². The third-order valence-corrected chi connectivity index (χ3v) is 4.14. The summed E-state index contributed by atoms with van der Waals surface area (Å²) < 4.78 is 18.6. The zero-order chi connectivity index (χ0) is 13.8. The van der Waals surface area contributed by atoms with Gasteiger partial charge in [-0.15, -0.1) is 0 Å². The standard InChI is InChI=1S/C15H23FN2O/c1-11-5-6-18(10-13(11)8-17)9-12-7-14(16)3-4-15(12)19-2/h3-4,7,11,13H,5-6,8-10,17H2,1-2H3. The molecule has 1 aliphatic rings. The van der Waals surface area contributed by atoms with E-state index in [0.717, 1.165) is 43.9 Å². The molecule has 0 aromatic heterocycles. The largest absolute Gasteiger partial charge is 0.496 e. The van der Waals surface area contributed by atoms with Crippen molar-refractivity contribution in [2.75, 3.05) is 26.7 Å². The Morgan fingerprint density at radius 3 is 2.95 bits per heavy atom. The molecule has 0 amide bonds. The molecular formula is C15H23FN2O. The Morgan fingerprint density at radius 2 is 2.26 bits per heavy atom. The summed E-state index contributed by atoms with van der Waals surface area (Å²) in [6, 6.07) is 4.69. The number of ether oxygens (including phenoxy) is 1. The lowest BCUT2D eigenvalue weighted by Gasteiger charge is -2.36. The fraction of sp³-hybridized carbons (Fsp3) is 0.600. The number of piperidine rings is 1. The number of nitrogens with two attached hydrogens (primary N) is 1. The van der Waals surface area contributed by atoms with Crippen LogP contribution < -0.4 is 10.5 Å². The molecule has 1 fully saturated rings. The van der Waals surface area contributed by atoms with E-state index in [4.69, 9.17) is 10.5 Å². The summed E-state index contributed by atoms with van der Waals surface area (Å²) in [6.45, 7) is 5.73. The van der Waals surface area contributed by atoms with Crippen LogP contribution in [0.4, 0.5) is 4.39 Å². The highest BCUT2D eigenvalue weighted by atomic mass is 19.1. The number of hydrogen-bond donors (Lipinski definition) is 1. The first-order chi connectivity index (χ1) is 9.13. The monoisotopic (exact) mass is 266 g/mol. The van der Waals surface area contributed by atoms with Gasteiger partial charge in [-0.05, 0) is 49.5 Å². The average Bonchev–Trinajstić information content (AvgIpc) is 2.41. The number of hydrogen-bond acceptors (Lipinski definition) is 3. The second-order valence-electron chi connectivity index (χ2n) is 5.45. The minimum atomic E-state index is -0.212. The molecule has 2 rings (SSSR count). The van der Waals surface area contributed by atoms with Gasteiger partial charge in [-0.25, -0.2) is 4.39 Å². The molecule has 1 heterocycles. The van der Waals surface area contributed by atoms with Crippen LogP contribution in [0, 0.1) is 17.7 Å². The quantitative estimate of drug-likeness (QED) is 0.908. The maximum atomic E-state index is 13.3. The number of rotatable bonds is 4. The molecule has 4 heteroatoms. The maximum Gasteiger partial charge on any atom is 0.123 e. The van der Waals surface area contributed by atoms with Crippen molar-refractivity contribution in [3.05, 3.63) is 29.6 Å². The molecule has 3 nitrogen and oxygen atoms in total. The summed E-state index contributed by atoms with van der Waals surface area (Å²) in [7, 11) is 1.62. The predicted octanol–water partition coefficient (Wildman–Crippen LogP) is 2.25. The van der Waals surface area contributed by atoms with Gasteiger partial charge in [0.15, 0.2) is 0 Å².